The summed E-state index contributed by atoms with van der Waals surface area (Å²) in [4.78, 5) is 8.51. The minimum atomic E-state index is 0.338. The predicted molar refractivity (Wildman–Crippen MR) is 65.8 cm³/mol. The van der Waals surface area contributed by atoms with Gasteiger partial charge in [-0.1, -0.05) is 23.8 Å². The summed E-state index contributed by atoms with van der Waals surface area (Å²) in [6.45, 7) is 2.82. The second-order valence-corrected chi connectivity index (χ2v) is 3.88. The van der Waals surface area contributed by atoms with Crippen molar-refractivity contribution in [1.82, 2.24) is 19.7 Å². The van der Waals surface area contributed by atoms with Crippen LogP contribution in [0.2, 0.25) is 5.15 Å². The molecule has 0 spiro atoms. The summed E-state index contributed by atoms with van der Waals surface area (Å²) in [6, 6.07) is 0. The maximum absolute atomic E-state index is 6.04. The van der Waals surface area contributed by atoms with Crippen molar-refractivity contribution in [1.29, 1.82) is 0 Å². The number of allylic oxidation sites excluding steroid dienone is 1. The minimum Gasteiger partial charge on any atom is -0.369 e. The molecule has 0 radical (unpaired) electrons. The molecular formula is C11H13ClN4O. The van der Waals surface area contributed by atoms with E-state index in [9.17, 15) is 0 Å². The van der Waals surface area contributed by atoms with Crippen molar-refractivity contribution in [2.24, 2.45) is 7.05 Å². The third-order valence-electron chi connectivity index (χ3n) is 2.27. The van der Waals surface area contributed by atoms with Gasteiger partial charge in [0.1, 0.15) is 11.8 Å². The summed E-state index contributed by atoms with van der Waals surface area (Å²) in [6.07, 6.45) is 5.50. The van der Waals surface area contributed by atoms with Crippen molar-refractivity contribution in [3.8, 4) is 0 Å². The Kier molecular flexibility index (Phi) is 3.71. The highest BCUT2D eigenvalue weighted by atomic mass is 35.5. The number of rotatable bonds is 4. The molecule has 6 heteroatoms. The second-order valence-electron chi connectivity index (χ2n) is 3.52. The van der Waals surface area contributed by atoms with Crippen LogP contribution in [0.25, 0.3) is 11.0 Å². The van der Waals surface area contributed by atoms with Crippen LogP contribution in [0.3, 0.4) is 0 Å². The lowest BCUT2D eigenvalue weighted by atomic mass is 10.4. The van der Waals surface area contributed by atoms with Crippen molar-refractivity contribution in [2.75, 3.05) is 6.61 Å². The predicted octanol–water partition coefficient (Wildman–Crippen LogP) is 2.11. The van der Waals surface area contributed by atoms with Gasteiger partial charge in [-0.05, 0) is 6.92 Å². The number of hydrogen-bond donors (Lipinski definition) is 0. The van der Waals surface area contributed by atoms with Gasteiger partial charge in [-0.25, -0.2) is 9.97 Å². The van der Waals surface area contributed by atoms with E-state index in [0.29, 0.717) is 24.2 Å². The average Bonchev–Trinajstić information content (AvgIpc) is 2.68. The first kappa shape index (κ1) is 12.0. The SMILES string of the molecule is C/C=C/COCc1nc(Cl)c2cnn(C)c2n1. The third kappa shape index (κ3) is 2.62. The van der Waals surface area contributed by atoms with Gasteiger partial charge in [0.05, 0.1) is 18.2 Å². The van der Waals surface area contributed by atoms with E-state index in [2.05, 4.69) is 15.1 Å². The molecule has 0 aliphatic rings. The van der Waals surface area contributed by atoms with Crippen molar-refractivity contribution in [3.63, 3.8) is 0 Å². The summed E-state index contributed by atoms with van der Waals surface area (Å²) >= 11 is 6.04. The molecule has 0 saturated carbocycles. The van der Waals surface area contributed by atoms with Crippen LogP contribution in [-0.4, -0.2) is 26.4 Å². The van der Waals surface area contributed by atoms with Crippen LogP contribution in [0.5, 0.6) is 0 Å². The van der Waals surface area contributed by atoms with E-state index in [4.69, 9.17) is 16.3 Å². The van der Waals surface area contributed by atoms with E-state index in [1.54, 1.807) is 10.9 Å². The lowest BCUT2D eigenvalue weighted by Crippen LogP contribution is -2.02. The molecule has 17 heavy (non-hydrogen) atoms. The fourth-order valence-corrected chi connectivity index (χ4v) is 1.64. The number of halogens is 1. The number of aromatic nitrogens is 4. The first-order chi connectivity index (χ1) is 8.22. The first-order valence-electron chi connectivity index (χ1n) is 5.25. The molecule has 5 nitrogen and oxygen atoms in total. The lowest BCUT2D eigenvalue weighted by molar-refractivity contribution is 0.142. The van der Waals surface area contributed by atoms with Crippen LogP contribution in [0.15, 0.2) is 18.3 Å². The number of aryl methyl sites for hydroxylation is 1. The number of nitrogens with zero attached hydrogens (tertiary/aromatic N) is 4. The maximum atomic E-state index is 6.04. The van der Waals surface area contributed by atoms with Crippen LogP contribution >= 0.6 is 11.6 Å². The van der Waals surface area contributed by atoms with E-state index in [1.165, 1.54) is 0 Å². The molecule has 0 amide bonds. The van der Waals surface area contributed by atoms with E-state index in [-0.39, 0.29) is 0 Å². The van der Waals surface area contributed by atoms with Gasteiger partial charge in [0, 0.05) is 7.05 Å². The zero-order chi connectivity index (χ0) is 12.3. The first-order valence-corrected chi connectivity index (χ1v) is 5.63. The molecule has 2 aromatic rings. The minimum absolute atomic E-state index is 0.338. The molecule has 0 fully saturated rings. The van der Waals surface area contributed by atoms with Gasteiger partial charge < -0.3 is 4.74 Å². The smallest absolute Gasteiger partial charge is 0.162 e. The maximum Gasteiger partial charge on any atom is 0.162 e. The molecule has 2 aromatic heterocycles. The van der Waals surface area contributed by atoms with Gasteiger partial charge in [0.15, 0.2) is 11.5 Å². The number of hydrogen-bond acceptors (Lipinski definition) is 4. The Labute approximate surface area is 104 Å². The molecule has 0 N–H and O–H groups in total. The largest absolute Gasteiger partial charge is 0.369 e. The van der Waals surface area contributed by atoms with Gasteiger partial charge in [-0.3, -0.25) is 4.68 Å². The molecule has 0 atom stereocenters. The molecule has 0 aliphatic heterocycles. The van der Waals surface area contributed by atoms with Crippen LogP contribution in [-0.2, 0) is 18.4 Å². The Morgan fingerprint density at radius 1 is 1.47 bits per heavy atom. The van der Waals surface area contributed by atoms with Gasteiger partial charge in [0.2, 0.25) is 0 Å². The fourth-order valence-electron chi connectivity index (χ4n) is 1.41. The van der Waals surface area contributed by atoms with Crippen LogP contribution in [0.4, 0.5) is 0 Å². The summed E-state index contributed by atoms with van der Waals surface area (Å²) < 4.78 is 7.05. The Morgan fingerprint density at radius 2 is 2.29 bits per heavy atom. The Balaban J connectivity index is 2.20. The molecule has 90 valence electrons. The standard InChI is InChI=1S/C11H13ClN4O/c1-3-4-5-17-7-9-14-10(12)8-6-13-16(2)11(8)15-9/h3-4,6H,5,7H2,1-2H3/b4-3+. The highest BCUT2D eigenvalue weighted by Gasteiger charge is 2.09. The Bertz CT molecular complexity index is 550. The van der Waals surface area contributed by atoms with E-state index >= 15 is 0 Å². The highest BCUT2D eigenvalue weighted by Crippen LogP contribution is 2.19. The normalized spacial score (nSPS) is 11.7. The van der Waals surface area contributed by atoms with E-state index < -0.39 is 0 Å². The summed E-state index contributed by atoms with van der Waals surface area (Å²) in [7, 11) is 1.82. The number of ether oxygens (including phenoxy) is 1. The van der Waals surface area contributed by atoms with Crippen LogP contribution < -0.4 is 0 Å². The van der Waals surface area contributed by atoms with Crippen LogP contribution in [0.1, 0.15) is 12.7 Å². The topological polar surface area (TPSA) is 52.8 Å². The average molecular weight is 253 g/mol. The Morgan fingerprint density at radius 3 is 3.06 bits per heavy atom. The highest BCUT2D eigenvalue weighted by molar-refractivity contribution is 6.33. The third-order valence-corrected chi connectivity index (χ3v) is 2.56. The molecule has 2 heterocycles. The number of fused-ring (bicyclic) bond motifs is 1. The van der Waals surface area contributed by atoms with E-state index in [0.717, 1.165) is 11.0 Å². The van der Waals surface area contributed by atoms with Crippen molar-refractivity contribution >= 4 is 22.6 Å². The monoisotopic (exact) mass is 252 g/mol. The van der Waals surface area contributed by atoms with Crippen molar-refractivity contribution < 1.29 is 4.74 Å². The zero-order valence-electron chi connectivity index (χ0n) is 9.72. The van der Waals surface area contributed by atoms with Gasteiger partial charge in [-0.15, -0.1) is 0 Å². The molecule has 2 rings (SSSR count). The quantitative estimate of drug-likeness (QED) is 0.475. The fraction of sp³-hybridized carbons (Fsp3) is 0.364. The molecule has 0 unspecified atom stereocenters. The van der Waals surface area contributed by atoms with Gasteiger partial charge >= 0.3 is 0 Å². The van der Waals surface area contributed by atoms with Crippen molar-refractivity contribution in [2.45, 2.75) is 13.5 Å². The van der Waals surface area contributed by atoms with Gasteiger partial charge in [-0.2, -0.15) is 5.10 Å². The van der Waals surface area contributed by atoms with E-state index in [1.807, 2.05) is 26.1 Å². The summed E-state index contributed by atoms with van der Waals surface area (Å²) in [5, 5.41) is 5.25. The molecule has 0 bridgehead atoms. The second kappa shape index (κ2) is 5.25. The lowest BCUT2D eigenvalue weighted by Gasteiger charge is -2.02. The summed E-state index contributed by atoms with van der Waals surface area (Å²) in [5.41, 5.74) is 0.717. The molecule has 0 saturated heterocycles. The molecular weight excluding hydrogens is 240 g/mol. The van der Waals surface area contributed by atoms with Crippen LogP contribution in [0, 0.1) is 0 Å². The van der Waals surface area contributed by atoms with Crippen molar-refractivity contribution in [3.05, 3.63) is 29.3 Å². The Hall–Kier alpha value is -1.46. The molecule has 0 aliphatic carbocycles. The summed E-state index contributed by atoms with van der Waals surface area (Å²) in [5.74, 6) is 0.565. The zero-order valence-corrected chi connectivity index (χ0v) is 10.5. The molecule has 0 aromatic carbocycles. The van der Waals surface area contributed by atoms with Gasteiger partial charge in [0.25, 0.3) is 0 Å².